The maximum Gasteiger partial charge on any atom is 0.265 e. The minimum atomic E-state index is -4.27. The van der Waals surface area contributed by atoms with Crippen molar-refractivity contribution in [1.29, 1.82) is 0 Å². The molecule has 3 aromatic rings. The molecule has 0 saturated heterocycles. The van der Waals surface area contributed by atoms with E-state index in [-0.39, 0.29) is 33.1 Å². The molecule has 3 aromatic carbocycles. The van der Waals surface area contributed by atoms with Gasteiger partial charge in [0, 0.05) is 11.1 Å². The fraction of sp³-hybridized carbons (Fsp3) is 0.296. The molecule has 37 heavy (non-hydrogen) atoms. The van der Waals surface area contributed by atoms with Gasteiger partial charge in [-0.2, -0.15) is 0 Å². The molecule has 0 heterocycles. The zero-order valence-electron chi connectivity index (χ0n) is 21.7. The van der Waals surface area contributed by atoms with E-state index in [1.54, 1.807) is 12.1 Å². The molecule has 10 heteroatoms. The van der Waals surface area contributed by atoms with Crippen LogP contribution in [0.2, 0.25) is 5.02 Å². The quantitative estimate of drug-likeness (QED) is 0.382. The van der Waals surface area contributed by atoms with Crippen LogP contribution in [-0.2, 0) is 14.8 Å². The van der Waals surface area contributed by atoms with E-state index in [9.17, 15) is 13.2 Å². The fourth-order valence-electron chi connectivity index (χ4n) is 3.98. The number of amides is 1. The summed E-state index contributed by atoms with van der Waals surface area (Å²) in [6.45, 7) is 5.28. The van der Waals surface area contributed by atoms with E-state index in [0.717, 1.165) is 21.0 Å². The lowest BCUT2D eigenvalue weighted by Gasteiger charge is -2.27. The third-order valence-corrected chi connectivity index (χ3v) is 7.91. The predicted octanol–water partition coefficient (Wildman–Crippen LogP) is 5.06. The first-order valence-electron chi connectivity index (χ1n) is 11.5. The van der Waals surface area contributed by atoms with Gasteiger partial charge in [0.05, 0.1) is 38.0 Å². The van der Waals surface area contributed by atoms with E-state index in [4.69, 9.17) is 25.8 Å². The van der Waals surface area contributed by atoms with Crippen LogP contribution < -0.4 is 23.8 Å². The number of hydrogen-bond acceptors (Lipinski definition) is 6. The van der Waals surface area contributed by atoms with Crippen LogP contribution in [0.1, 0.15) is 29.7 Å². The van der Waals surface area contributed by atoms with Crippen molar-refractivity contribution >= 4 is 33.2 Å². The standard InChI is InChI=1S/C27H31ClN2O6S/c1-17-7-8-18(2)22(13-17)19(3)29-27(31)16-30(23-14-20(28)9-11-24(23)34-4)37(32,33)21-10-12-25(35-5)26(15-21)36-6/h7-15,19H,16H2,1-6H3,(H,29,31). The van der Waals surface area contributed by atoms with Crippen molar-refractivity contribution in [1.82, 2.24) is 5.32 Å². The molecule has 198 valence electrons. The fourth-order valence-corrected chi connectivity index (χ4v) is 5.59. The molecular formula is C27H31ClN2O6S. The minimum Gasteiger partial charge on any atom is -0.495 e. The molecule has 1 unspecified atom stereocenters. The van der Waals surface area contributed by atoms with Gasteiger partial charge in [0.25, 0.3) is 10.0 Å². The first-order valence-corrected chi connectivity index (χ1v) is 13.3. The summed E-state index contributed by atoms with van der Waals surface area (Å²) in [4.78, 5) is 13.2. The molecule has 0 spiro atoms. The van der Waals surface area contributed by atoms with Crippen molar-refractivity contribution in [2.45, 2.75) is 31.7 Å². The topological polar surface area (TPSA) is 94.2 Å². The van der Waals surface area contributed by atoms with Gasteiger partial charge in [0.1, 0.15) is 12.3 Å². The summed E-state index contributed by atoms with van der Waals surface area (Å²) in [5, 5.41) is 3.20. The number of carbonyl (C=O) groups excluding carboxylic acids is 1. The number of rotatable bonds is 10. The van der Waals surface area contributed by atoms with Gasteiger partial charge in [0.2, 0.25) is 5.91 Å². The Balaban J connectivity index is 2.04. The van der Waals surface area contributed by atoms with Gasteiger partial charge in [-0.25, -0.2) is 8.42 Å². The van der Waals surface area contributed by atoms with Crippen LogP contribution in [0.3, 0.4) is 0 Å². The van der Waals surface area contributed by atoms with Gasteiger partial charge < -0.3 is 19.5 Å². The molecule has 1 N–H and O–H groups in total. The number of nitrogens with one attached hydrogen (secondary N) is 1. The third kappa shape index (κ3) is 6.29. The second-order valence-electron chi connectivity index (χ2n) is 8.49. The maximum atomic E-state index is 13.9. The molecule has 0 aromatic heterocycles. The number of carbonyl (C=O) groups is 1. The molecule has 0 aliphatic carbocycles. The molecule has 0 fully saturated rings. The average Bonchev–Trinajstić information content (AvgIpc) is 2.87. The Kier molecular flexibility index (Phi) is 8.94. The third-order valence-electron chi connectivity index (χ3n) is 5.92. The lowest BCUT2D eigenvalue weighted by molar-refractivity contribution is -0.120. The number of aryl methyl sites for hydroxylation is 2. The van der Waals surface area contributed by atoms with Crippen LogP contribution in [0.25, 0.3) is 0 Å². The lowest BCUT2D eigenvalue weighted by Crippen LogP contribution is -2.41. The van der Waals surface area contributed by atoms with E-state index in [1.807, 2.05) is 39.0 Å². The summed E-state index contributed by atoms with van der Waals surface area (Å²) in [7, 11) is 0.00600. The van der Waals surface area contributed by atoms with Gasteiger partial charge in [-0.3, -0.25) is 9.10 Å². The van der Waals surface area contributed by atoms with Gasteiger partial charge >= 0.3 is 0 Å². The second-order valence-corrected chi connectivity index (χ2v) is 10.8. The summed E-state index contributed by atoms with van der Waals surface area (Å²) in [6, 6.07) is 14.4. The van der Waals surface area contributed by atoms with Crippen LogP contribution in [0.4, 0.5) is 5.69 Å². The normalized spacial score (nSPS) is 12.0. The maximum absolute atomic E-state index is 13.9. The van der Waals surface area contributed by atoms with Crippen LogP contribution in [0.5, 0.6) is 17.2 Å². The van der Waals surface area contributed by atoms with Crippen LogP contribution in [-0.4, -0.2) is 42.2 Å². The van der Waals surface area contributed by atoms with Gasteiger partial charge in [-0.1, -0.05) is 35.4 Å². The van der Waals surface area contributed by atoms with E-state index in [1.165, 1.54) is 45.6 Å². The Morgan fingerprint density at radius 2 is 1.57 bits per heavy atom. The Morgan fingerprint density at radius 3 is 2.22 bits per heavy atom. The van der Waals surface area contributed by atoms with Gasteiger partial charge in [-0.15, -0.1) is 0 Å². The second kappa shape index (κ2) is 11.7. The van der Waals surface area contributed by atoms with Crippen molar-refractivity contribution < 1.29 is 27.4 Å². The molecule has 0 aliphatic heterocycles. The zero-order valence-corrected chi connectivity index (χ0v) is 23.2. The molecule has 8 nitrogen and oxygen atoms in total. The van der Waals surface area contributed by atoms with Gasteiger partial charge in [0.15, 0.2) is 11.5 Å². The number of ether oxygens (including phenoxy) is 3. The van der Waals surface area contributed by atoms with Crippen molar-refractivity contribution in [3.8, 4) is 17.2 Å². The molecule has 3 rings (SSSR count). The van der Waals surface area contributed by atoms with Crippen molar-refractivity contribution in [3.05, 3.63) is 76.3 Å². The number of methoxy groups -OCH3 is 3. The summed E-state index contributed by atoms with van der Waals surface area (Å²) < 4.78 is 44.8. The SMILES string of the molecule is COc1ccc(S(=O)(=O)N(CC(=O)NC(C)c2cc(C)ccc2C)c2cc(Cl)ccc2OC)cc1OC. The largest absolute Gasteiger partial charge is 0.495 e. The highest BCUT2D eigenvalue weighted by Crippen LogP contribution is 2.37. The lowest BCUT2D eigenvalue weighted by atomic mass is 10.00. The Bertz CT molecular complexity index is 1390. The zero-order chi connectivity index (χ0) is 27.3. The number of nitrogens with zero attached hydrogens (tertiary/aromatic N) is 1. The number of hydrogen-bond donors (Lipinski definition) is 1. The molecule has 1 amide bonds. The van der Waals surface area contributed by atoms with E-state index >= 15 is 0 Å². The number of anilines is 1. The smallest absolute Gasteiger partial charge is 0.265 e. The minimum absolute atomic E-state index is 0.0949. The van der Waals surface area contributed by atoms with E-state index < -0.39 is 22.5 Å². The number of sulfonamides is 1. The highest BCUT2D eigenvalue weighted by atomic mass is 35.5. The van der Waals surface area contributed by atoms with Crippen molar-refractivity contribution in [2.75, 3.05) is 32.2 Å². The molecular weight excluding hydrogens is 516 g/mol. The summed E-state index contributed by atoms with van der Waals surface area (Å²) in [6.07, 6.45) is 0. The summed E-state index contributed by atoms with van der Waals surface area (Å²) in [5.74, 6) is 0.339. The summed E-state index contributed by atoms with van der Waals surface area (Å²) >= 11 is 6.22. The van der Waals surface area contributed by atoms with Crippen LogP contribution >= 0.6 is 11.6 Å². The van der Waals surface area contributed by atoms with E-state index in [2.05, 4.69) is 5.32 Å². The highest BCUT2D eigenvalue weighted by molar-refractivity contribution is 7.92. The summed E-state index contributed by atoms with van der Waals surface area (Å²) in [5.41, 5.74) is 3.15. The molecule has 1 atom stereocenters. The Labute approximate surface area is 223 Å². The first-order chi connectivity index (χ1) is 17.5. The van der Waals surface area contributed by atoms with E-state index in [0.29, 0.717) is 5.75 Å². The van der Waals surface area contributed by atoms with Crippen molar-refractivity contribution in [3.63, 3.8) is 0 Å². The van der Waals surface area contributed by atoms with Gasteiger partial charge in [-0.05, 0) is 62.2 Å². The molecule has 0 bridgehead atoms. The monoisotopic (exact) mass is 546 g/mol. The van der Waals surface area contributed by atoms with Crippen LogP contribution in [0, 0.1) is 13.8 Å². The molecule has 0 radical (unpaired) electrons. The van der Waals surface area contributed by atoms with Crippen LogP contribution in [0.15, 0.2) is 59.5 Å². The first kappa shape index (κ1) is 28.1. The molecule has 0 aliphatic rings. The highest BCUT2D eigenvalue weighted by Gasteiger charge is 2.31. The number of benzene rings is 3. The molecule has 0 saturated carbocycles. The predicted molar refractivity (Wildman–Crippen MR) is 145 cm³/mol. The number of halogens is 1. The Hall–Kier alpha value is -3.43. The van der Waals surface area contributed by atoms with Crippen molar-refractivity contribution in [2.24, 2.45) is 0 Å². The average molecular weight is 547 g/mol. The Morgan fingerprint density at radius 1 is 0.919 bits per heavy atom.